The molecule has 0 bridgehead atoms. The number of fused-ring (bicyclic) bond motifs is 3. The zero-order valence-corrected chi connectivity index (χ0v) is 14.5. The van der Waals surface area contributed by atoms with Gasteiger partial charge in [-0.25, -0.2) is 0 Å². The van der Waals surface area contributed by atoms with Crippen LogP contribution in [0.5, 0.6) is 0 Å². The van der Waals surface area contributed by atoms with Gasteiger partial charge in [0, 0.05) is 28.0 Å². The molecule has 128 valence electrons. The number of benzene rings is 3. The van der Waals surface area contributed by atoms with E-state index in [9.17, 15) is 4.79 Å². The summed E-state index contributed by atoms with van der Waals surface area (Å²) >= 11 is 0. The first kappa shape index (κ1) is 15.5. The topological polar surface area (TPSA) is 45.8 Å². The van der Waals surface area contributed by atoms with Gasteiger partial charge in [-0.05, 0) is 23.3 Å². The number of rotatable bonds is 3. The van der Waals surface area contributed by atoms with E-state index in [1.807, 2.05) is 78.9 Å². The van der Waals surface area contributed by atoms with Crippen LogP contribution in [0.15, 0.2) is 91.1 Å². The van der Waals surface area contributed by atoms with Crippen LogP contribution in [0.1, 0.15) is 16.1 Å². The van der Waals surface area contributed by atoms with E-state index >= 15 is 0 Å². The standard InChI is InChI=1S/C24H16N2O/c27-24(20-12-5-4-10-17(20)16-8-2-1-3-9-16)23-22-19(14-15-25-23)18-11-6-7-13-21(18)26-22/h1-15,26H. The molecule has 2 heterocycles. The molecular formula is C24H16N2O. The van der Waals surface area contributed by atoms with Crippen LogP contribution in [0.25, 0.3) is 32.9 Å². The zero-order chi connectivity index (χ0) is 18.2. The van der Waals surface area contributed by atoms with Gasteiger partial charge in [0.25, 0.3) is 0 Å². The molecule has 0 saturated heterocycles. The lowest BCUT2D eigenvalue weighted by atomic mass is 9.95. The van der Waals surface area contributed by atoms with E-state index in [4.69, 9.17) is 0 Å². The molecule has 0 saturated carbocycles. The molecule has 1 N–H and O–H groups in total. The maximum absolute atomic E-state index is 13.4. The van der Waals surface area contributed by atoms with Crippen molar-refractivity contribution >= 4 is 27.6 Å². The van der Waals surface area contributed by atoms with E-state index in [0.29, 0.717) is 11.3 Å². The summed E-state index contributed by atoms with van der Waals surface area (Å²) in [5.41, 5.74) is 4.83. The number of para-hydroxylation sites is 1. The van der Waals surface area contributed by atoms with Crippen molar-refractivity contribution in [1.29, 1.82) is 0 Å². The summed E-state index contributed by atoms with van der Waals surface area (Å²) in [6, 6.07) is 27.7. The van der Waals surface area contributed by atoms with Gasteiger partial charge in [-0.2, -0.15) is 0 Å². The second-order valence-corrected chi connectivity index (χ2v) is 6.49. The Labute approximate surface area is 156 Å². The molecule has 3 aromatic carbocycles. The minimum absolute atomic E-state index is 0.0772. The van der Waals surface area contributed by atoms with E-state index in [1.54, 1.807) is 6.20 Å². The van der Waals surface area contributed by atoms with Gasteiger partial charge >= 0.3 is 0 Å². The molecule has 0 aliphatic heterocycles. The van der Waals surface area contributed by atoms with Crippen molar-refractivity contribution < 1.29 is 4.79 Å². The maximum atomic E-state index is 13.4. The fourth-order valence-electron chi connectivity index (χ4n) is 3.62. The number of hydrogen-bond donors (Lipinski definition) is 1. The number of hydrogen-bond acceptors (Lipinski definition) is 2. The average molecular weight is 348 g/mol. The minimum atomic E-state index is -0.0772. The molecule has 0 aliphatic carbocycles. The van der Waals surface area contributed by atoms with Crippen LogP contribution >= 0.6 is 0 Å². The minimum Gasteiger partial charge on any atom is -0.353 e. The predicted octanol–water partition coefficient (Wildman–Crippen LogP) is 5.61. The molecule has 5 aromatic rings. The number of carbonyl (C=O) groups excluding carboxylic acids is 1. The van der Waals surface area contributed by atoms with Crippen LogP contribution < -0.4 is 0 Å². The second-order valence-electron chi connectivity index (χ2n) is 6.49. The van der Waals surface area contributed by atoms with E-state index in [2.05, 4.69) is 16.0 Å². The van der Waals surface area contributed by atoms with Gasteiger partial charge in [0.05, 0.1) is 5.52 Å². The Kier molecular flexibility index (Phi) is 3.58. The third-order valence-corrected chi connectivity index (χ3v) is 4.90. The lowest BCUT2D eigenvalue weighted by molar-refractivity contribution is 0.103. The first-order chi connectivity index (χ1) is 13.3. The van der Waals surface area contributed by atoms with Gasteiger partial charge in [0.1, 0.15) is 5.69 Å². The summed E-state index contributed by atoms with van der Waals surface area (Å²) in [6.45, 7) is 0. The van der Waals surface area contributed by atoms with Crippen molar-refractivity contribution in [3.63, 3.8) is 0 Å². The summed E-state index contributed by atoms with van der Waals surface area (Å²) in [4.78, 5) is 21.3. The van der Waals surface area contributed by atoms with Gasteiger partial charge < -0.3 is 4.98 Å². The van der Waals surface area contributed by atoms with E-state index < -0.39 is 0 Å². The highest BCUT2D eigenvalue weighted by Crippen LogP contribution is 2.30. The van der Waals surface area contributed by atoms with Crippen molar-refractivity contribution in [3.05, 3.63) is 102 Å². The van der Waals surface area contributed by atoms with Crippen LogP contribution in [0.3, 0.4) is 0 Å². The number of pyridine rings is 1. The highest BCUT2D eigenvalue weighted by molar-refractivity contribution is 6.20. The number of ketones is 1. The molecule has 27 heavy (non-hydrogen) atoms. The Morgan fingerprint density at radius 2 is 1.48 bits per heavy atom. The zero-order valence-electron chi connectivity index (χ0n) is 14.5. The average Bonchev–Trinajstić information content (AvgIpc) is 3.13. The van der Waals surface area contributed by atoms with Crippen molar-refractivity contribution in [2.45, 2.75) is 0 Å². The number of H-pyrrole nitrogens is 1. The van der Waals surface area contributed by atoms with E-state index in [-0.39, 0.29) is 5.78 Å². The summed E-state index contributed by atoms with van der Waals surface area (Å²) in [7, 11) is 0. The highest BCUT2D eigenvalue weighted by atomic mass is 16.1. The normalized spacial score (nSPS) is 11.1. The van der Waals surface area contributed by atoms with Gasteiger partial charge in [-0.15, -0.1) is 0 Å². The Hall–Kier alpha value is -3.72. The molecule has 3 heteroatoms. The van der Waals surface area contributed by atoms with Crippen molar-refractivity contribution in [2.24, 2.45) is 0 Å². The number of nitrogens with zero attached hydrogens (tertiary/aromatic N) is 1. The fourth-order valence-corrected chi connectivity index (χ4v) is 3.62. The Bertz CT molecular complexity index is 1290. The summed E-state index contributed by atoms with van der Waals surface area (Å²) in [5, 5.41) is 2.11. The molecular weight excluding hydrogens is 332 g/mol. The van der Waals surface area contributed by atoms with Gasteiger partial charge in [-0.1, -0.05) is 72.8 Å². The van der Waals surface area contributed by atoms with Crippen LogP contribution in [-0.2, 0) is 0 Å². The van der Waals surface area contributed by atoms with Crippen molar-refractivity contribution in [2.75, 3.05) is 0 Å². The summed E-state index contributed by atoms with van der Waals surface area (Å²) in [6.07, 6.45) is 1.71. The fraction of sp³-hybridized carbons (Fsp3) is 0. The summed E-state index contributed by atoms with van der Waals surface area (Å²) in [5.74, 6) is -0.0772. The Balaban J connectivity index is 1.72. The molecule has 0 amide bonds. The maximum Gasteiger partial charge on any atom is 0.214 e. The van der Waals surface area contributed by atoms with Crippen LogP contribution in [0, 0.1) is 0 Å². The Morgan fingerprint density at radius 3 is 2.37 bits per heavy atom. The Morgan fingerprint density at radius 1 is 0.741 bits per heavy atom. The van der Waals surface area contributed by atoms with Crippen molar-refractivity contribution in [3.8, 4) is 11.1 Å². The molecule has 2 aromatic heterocycles. The number of nitrogens with one attached hydrogen (secondary N) is 1. The SMILES string of the molecule is O=C(c1ccccc1-c1ccccc1)c1nccc2c1[nH]c1ccccc12. The van der Waals surface area contributed by atoms with Crippen LogP contribution in [-0.4, -0.2) is 15.8 Å². The quantitative estimate of drug-likeness (QED) is 0.431. The van der Waals surface area contributed by atoms with Crippen LogP contribution in [0.4, 0.5) is 0 Å². The first-order valence-electron chi connectivity index (χ1n) is 8.87. The number of aromatic amines is 1. The molecule has 0 radical (unpaired) electrons. The molecule has 0 fully saturated rings. The third kappa shape index (κ3) is 2.52. The number of aromatic nitrogens is 2. The smallest absolute Gasteiger partial charge is 0.214 e. The van der Waals surface area contributed by atoms with Gasteiger partial charge in [-0.3, -0.25) is 9.78 Å². The van der Waals surface area contributed by atoms with Crippen molar-refractivity contribution in [1.82, 2.24) is 9.97 Å². The number of carbonyl (C=O) groups is 1. The van der Waals surface area contributed by atoms with Gasteiger partial charge in [0.15, 0.2) is 0 Å². The molecule has 0 aliphatic rings. The highest BCUT2D eigenvalue weighted by Gasteiger charge is 2.19. The van der Waals surface area contributed by atoms with Gasteiger partial charge in [0.2, 0.25) is 5.78 Å². The molecule has 0 spiro atoms. The third-order valence-electron chi connectivity index (χ3n) is 4.90. The molecule has 0 unspecified atom stereocenters. The monoisotopic (exact) mass is 348 g/mol. The lowest BCUT2D eigenvalue weighted by Crippen LogP contribution is -2.06. The van der Waals surface area contributed by atoms with Crippen LogP contribution in [0.2, 0.25) is 0 Å². The summed E-state index contributed by atoms with van der Waals surface area (Å²) < 4.78 is 0. The van der Waals surface area contributed by atoms with E-state index in [0.717, 1.165) is 32.9 Å². The van der Waals surface area contributed by atoms with E-state index in [1.165, 1.54) is 0 Å². The second kappa shape index (κ2) is 6.22. The molecule has 3 nitrogen and oxygen atoms in total. The molecule has 0 atom stereocenters. The largest absolute Gasteiger partial charge is 0.353 e. The first-order valence-corrected chi connectivity index (χ1v) is 8.87. The molecule has 5 rings (SSSR count). The predicted molar refractivity (Wildman–Crippen MR) is 109 cm³/mol. The lowest BCUT2D eigenvalue weighted by Gasteiger charge is -2.09.